The van der Waals surface area contributed by atoms with E-state index in [4.69, 9.17) is 5.73 Å². The zero-order valence-corrected chi connectivity index (χ0v) is 8.58. The van der Waals surface area contributed by atoms with Crippen LogP contribution in [-0.2, 0) is 6.54 Å². The van der Waals surface area contributed by atoms with Crippen LogP contribution in [0.15, 0.2) is 11.0 Å². The van der Waals surface area contributed by atoms with E-state index in [0.717, 1.165) is 6.54 Å². The van der Waals surface area contributed by atoms with Crippen LogP contribution >= 0.6 is 0 Å². The molecule has 0 aromatic carbocycles. The lowest BCUT2D eigenvalue weighted by Gasteiger charge is -2.06. The molecule has 2 aromatic rings. The van der Waals surface area contributed by atoms with E-state index in [0.29, 0.717) is 17.4 Å². The van der Waals surface area contributed by atoms with E-state index in [1.807, 2.05) is 4.57 Å². The second-order valence-corrected chi connectivity index (χ2v) is 3.70. The fourth-order valence-corrected chi connectivity index (χ4v) is 1.32. The number of nitrogens with zero attached hydrogens (tertiary/aromatic N) is 5. The van der Waals surface area contributed by atoms with Gasteiger partial charge in [-0.05, 0) is 16.2 Å². The molecule has 0 saturated heterocycles. The Kier molecular flexibility index (Phi) is 2.36. The molecule has 80 valence electrons. The standard InChI is InChI=1S/C8H12N6O/c1-5(2)3-14-4-10-11-8(14)6-7(9)13-15-12-6/h4-5H,3H2,1-2H3,(H2,9,13). The van der Waals surface area contributed by atoms with Crippen molar-refractivity contribution in [3.8, 4) is 11.5 Å². The first-order valence-corrected chi connectivity index (χ1v) is 4.64. The van der Waals surface area contributed by atoms with Crippen LogP contribution in [0.4, 0.5) is 5.82 Å². The number of aromatic nitrogens is 5. The quantitative estimate of drug-likeness (QED) is 0.792. The van der Waals surface area contributed by atoms with Crippen molar-refractivity contribution in [3.63, 3.8) is 0 Å². The van der Waals surface area contributed by atoms with Crippen LogP contribution < -0.4 is 5.73 Å². The molecular weight excluding hydrogens is 196 g/mol. The molecule has 0 saturated carbocycles. The molecule has 2 N–H and O–H groups in total. The normalized spacial score (nSPS) is 11.1. The average molecular weight is 208 g/mol. The molecule has 0 aliphatic rings. The monoisotopic (exact) mass is 208 g/mol. The van der Waals surface area contributed by atoms with E-state index in [1.54, 1.807) is 6.33 Å². The summed E-state index contributed by atoms with van der Waals surface area (Å²) in [7, 11) is 0. The van der Waals surface area contributed by atoms with Crippen molar-refractivity contribution in [2.24, 2.45) is 5.92 Å². The molecule has 0 fully saturated rings. The van der Waals surface area contributed by atoms with Crippen LogP contribution in [0.3, 0.4) is 0 Å². The molecule has 0 bridgehead atoms. The fraction of sp³-hybridized carbons (Fsp3) is 0.500. The van der Waals surface area contributed by atoms with Gasteiger partial charge in [-0.2, -0.15) is 0 Å². The number of nitrogens with two attached hydrogens (primary N) is 1. The van der Waals surface area contributed by atoms with Gasteiger partial charge in [0, 0.05) is 6.54 Å². The third-order valence-corrected chi connectivity index (χ3v) is 1.90. The minimum Gasteiger partial charge on any atom is -0.379 e. The van der Waals surface area contributed by atoms with E-state index < -0.39 is 0 Å². The van der Waals surface area contributed by atoms with Gasteiger partial charge in [0.25, 0.3) is 0 Å². The van der Waals surface area contributed by atoms with Crippen LogP contribution in [-0.4, -0.2) is 25.1 Å². The summed E-state index contributed by atoms with van der Waals surface area (Å²) in [5.74, 6) is 1.30. The number of nitrogen functional groups attached to an aromatic ring is 1. The van der Waals surface area contributed by atoms with E-state index in [-0.39, 0.29) is 5.82 Å². The van der Waals surface area contributed by atoms with Gasteiger partial charge in [0.05, 0.1) is 0 Å². The zero-order chi connectivity index (χ0) is 10.8. The van der Waals surface area contributed by atoms with Gasteiger partial charge >= 0.3 is 0 Å². The molecule has 0 radical (unpaired) electrons. The highest BCUT2D eigenvalue weighted by atomic mass is 16.6. The van der Waals surface area contributed by atoms with Crippen LogP contribution in [0.25, 0.3) is 11.5 Å². The second-order valence-electron chi connectivity index (χ2n) is 3.70. The summed E-state index contributed by atoms with van der Waals surface area (Å²) in [4.78, 5) is 0. The number of hydrogen-bond acceptors (Lipinski definition) is 6. The molecule has 2 heterocycles. The Morgan fingerprint density at radius 1 is 1.47 bits per heavy atom. The Balaban J connectivity index is 2.37. The van der Waals surface area contributed by atoms with Crippen LogP contribution in [0.1, 0.15) is 13.8 Å². The summed E-state index contributed by atoms with van der Waals surface area (Å²) in [6.07, 6.45) is 1.64. The highest BCUT2D eigenvalue weighted by Crippen LogP contribution is 2.19. The molecule has 0 aliphatic heterocycles. The zero-order valence-electron chi connectivity index (χ0n) is 8.58. The maximum Gasteiger partial charge on any atom is 0.199 e. The molecule has 2 aromatic heterocycles. The molecular formula is C8H12N6O. The minimum atomic E-state index is 0.230. The van der Waals surface area contributed by atoms with Gasteiger partial charge < -0.3 is 10.3 Å². The lowest BCUT2D eigenvalue weighted by molar-refractivity contribution is 0.310. The van der Waals surface area contributed by atoms with Crippen LogP contribution in [0.5, 0.6) is 0 Å². The Morgan fingerprint density at radius 2 is 2.27 bits per heavy atom. The van der Waals surface area contributed by atoms with Crippen LogP contribution in [0, 0.1) is 5.92 Å². The van der Waals surface area contributed by atoms with Crippen molar-refractivity contribution in [1.82, 2.24) is 25.1 Å². The number of anilines is 1. The number of hydrogen-bond donors (Lipinski definition) is 1. The lowest BCUT2D eigenvalue weighted by atomic mass is 10.2. The smallest absolute Gasteiger partial charge is 0.199 e. The highest BCUT2D eigenvalue weighted by molar-refractivity contribution is 5.61. The van der Waals surface area contributed by atoms with Gasteiger partial charge in [-0.1, -0.05) is 13.8 Å². The Bertz CT molecular complexity index is 445. The largest absolute Gasteiger partial charge is 0.379 e. The fourth-order valence-electron chi connectivity index (χ4n) is 1.32. The van der Waals surface area contributed by atoms with Gasteiger partial charge in [-0.15, -0.1) is 10.2 Å². The molecule has 0 amide bonds. The van der Waals surface area contributed by atoms with E-state index in [1.165, 1.54) is 0 Å². The van der Waals surface area contributed by atoms with Crippen molar-refractivity contribution < 1.29 is 4.63 Å². The predicted molar refractivity (Wildman–Crippen MR) is 52.6 cm³/mol. The van der Waals surface area contributed by atoms with Crippen molar-refractivity contribution in [2.45, 2.75) is 20.4 Å². The Labute approximate surface area is 86.3 Å². The first-order chi connectivity index (χ1) is 7.18. The summed E-state index contributed by atoms with van der Waals surface area (Å²) < 4.78 is 6.40. The van der Waals surface area contributed by atoms with Gasteiger partial charge in [-0.3, -0.25) is 0 Å². The molecule has 15 heavy (non-hydrogen) atoms. The summed E-state index contributed by atoms with van der Waals surface area (Å²) in [5, 5.41) is 15.0. The third kappa shape index (κ3) is 1.80. The summed E-state index contributed by atoms with van der Waals surface area (Å²) >= 11 is 0. The molecule has 7 nitrogen and oxygen atoms in total. The van der Waals surface area contributed by atoms with Crippen molar-refractivity contribution in [1.29, 1.82) is 0 Å². The van der Waals surface area contributed by atoms with Crippen molar-refractivity contribution >= 4 is 5.82 Å². The topological polar surface area (TPSA) is 95.6 Å². The van der Waals surface area contributed by atoms with E-state index in [2.05, 4.69) is 39.0 Å². The first-order valence-electron chi connectivity index (χ1n) is 4.64. The minimum absolute atomic E-state index is 0.230. The summed E-state index contributed by atoms with van der Waals surface area (Å²) in [6.45, 7) is 5.01. The molecule has 2 rings (SSSR count). The molecule has 0 atom stereocenters. The maximum atomic E-state index is 5.58. The molecule has 7 heteroatoms. The molecule has 0 aliphatic carbocycles. The Morgan fingerprint density at radius 3 is 2.87 bits per heavy atom. The molecule has 0 unspecified atom stereocenters. The lowest BCUT2D eigenvalue weighted by Crippen LogP contribution is -2.06. The molecule has 0 spiro atoms. The van der Waals surface area contributed by atoms with Crippen molar-refractivity contribution in [3.05, 3.63) is 6.33 Å². The van der Waals surface area contributed by atoms with E-state index >= 15 is 0 Å². The van der Waals surface area contributed by atoms with Gasteiger partial charge in [0.2, 0.25) is 0 Å². The average Bonchev–Trinajstić information content (AvgIpc) is 2.73. The van der Waals surface area contributed by atoms with Crippen molar-refractivity contribution in [2.75, 3.05) is 5.73 Å². The first kappa shape index (κ1) is 9.63. The SMILES string of the molecule is CC(C)Cn1cnnc1-c1nonc1N. The summed E-state index contributed by atoms with van der Waals surface area (Å²) in [6, 6.07) is 0. The van der Waals surface area contributed by atoms with Gasteiger partial charge in [0.1, 0.15) is 6.33 Å². The predicted octanol–water partition coefficient (Wildman–Crippen LogP) is 0.566. The van der Waals surface area contributed by atoms with Crippen LogP contribution in [0.2, 0.25) is 0 Å². The summed E-state index contributed by atoms with van der Waals surface area (Å²) in [5.41, 5.74) is 6.02. The Hall–Kier alpha value is -1.92. The van der Waals surface area contributed by atoms with Gasteiger partial charge in [0.15, 0.2) is 17.3 Å². The van der Waals surface area contributed by atoms with E-state index in [9.17, 15) is 0 Å². The highest BCUT2D eigenvalue weighted by Gasteiger charge is 2.16. The number of rotatable bonds is 3. The third-order valence-electron chi connectivity index (χ3n) is 1.90. The maximum absolute atomic E-state index is 5.58. The van der Waals surface area contributed by atoms with Gasteiger partial charge in [-0.25, -0.2) is 4.63 Å². The second kappa shape index (κ2) is 3.68.